The van der Waals surface area contributed by atoms with Crippen LogP contribution in [0.5, 0.6) is 5.75 Å². The van der Waals surface area contributed by atoms with Gasteiger partial charge in [-0.15, -0.1) is 0 Å². The Kier molecular flexibility index (Phi) is 4.89. The molecule has 0 aliphatic rings. The van der Waals surface area contributed by atoms with E-state index in [0.29, 0.717) is 5.89 Å². The average molecular weight is 340 g/mol. The first-order valence-corrected chi connectivity index (χ1v) is 7.44. The van der Waals surface area contributed by atoms with Crippen molar-refractivity contribution in [2.24, 2.45) is 7.05 Å². The summed E-state index contributed by atoms with van der Waals surface area (Å²) in [5.74, 6) is 0.867. The van der Waals surface area contributed by atoms with Gasteiger partial charge in [0.2, 0.25) is 5.82 Å². The number of nitrogens with zero attached hydrogens (tertiary/aromatic N) is 4. The third-order valence-corrected chi connectivity index (χ3v) is 3.29. The topological polar surface area (TPSA) is 92.3 Å². The quantitative estimate of drug-likeness (QED) is 0.502. The summed E-state index contributed by atoms with van der Waals surface area (Å²) in [4.78, 5) is 15.9. The van der Waals surface area contributed by atoms with Gasteiger partial charge in [0.15, 0.2) is 6.61 Å². The van der Waals surface area contributed by atoms with Gasteiger partial charge >= 0.3 is 5.97 Å². The number of hydrogen-bond acceptors (Lipinski definition) is 7. The van der Waals surface area contributed by atoms with Crippen LogP contribution in [0.2, 0.25) is 0 Å². The number of methoxy groups -OCH3 is 1. The van der Waals surface area contributed by atoms with Gasteiger partial charge < -0.3 is 14.0 Å². The van der Waals surface area contributed by atoms with Crippen molar-refractivity contribution in [2.75, 3.05) is 7.11 Å². The summed E-state index contributed by atoms with van der Waals surface area (Å²) in [6.45, 7) is -0.0735. The third-order valence-electron chi connectivity index (χ3n) is 3.29. The van der Waals surface area contributed by atoms with Crippen LogP contribution in [0.4, 0.5) is 0 Å². The zero-order valence-corrected chi connectivity index (χ0v) is 13.7. The van der Waals surface area contributed by atoms with Crippen molar-refractivity contribution < 1.29 is 18.8 Å². The molecule has 8 nitrogen and oxygen atoms in total. The lowest BCUT2D eigenvalue weighted by atomic mass is 10.2. The third kappa shape index (κ3) is 4.31. The molecule has 0 atom stereocenters. The smallest absolute Gasteiger partial charge is 0.331 e. The van der Waals surface area contributed by atoms with Gasteiger partial charge in [0, 0.05) is 30.4 Å². The molecule has 0 aliphatic heterocycles. The lowest BCUT2D eigenvalue weighted by Gasteiger charge is -1.99. The van der Waals surface area contributed by atoms with Crippen molar-refractivity contribution in [1.82, 2.24) is 19.9 Å². The summed E-state index contributed by atoms with van der Waals surface area (Å²) in [5, 5.41) is 7.80. The van der Waals surface area contributed by atoms with Gasteiger partial charge in [-0.3, -0.25) is 4.68 Å². The first-order chi connectivity index (χ1) is 12.1. The van der Waals surface area contributed by atoms with Crippen molar-refractivity contribution in [3.63, 3.8) is 0 Å². The molecule has 3 aromatic rings. The Morgan fingerprint density at radius 3 is 2.80 bits per heavy atom. The number of hydrogen-bond donors (Lipinski definition) is 0. The minimum Gasteiger partial charge on any atom is -0.497 e. The maximum atomic E-state index is 11.7. The van der Waals surface area contributed by atoms with Crippen LogP contribution in [0.3, 0.4) is 0 Å². The lowest BCUT2D eigenvalue weighted by molar-refractivity contribution is -0.139. The number of carbonyl (C=O) groups excluding carboxylic acids is 1. The van der Waals surface area contributed by atoms with Gasteiger partial charge in [0.25, 0.3) is 5.89 Å². The molecule has 0 bridgehead atoms. The summed E-state index contributed by atoms with van der Waals surface area (Å²) in [5.41, 5.74) is 1.56. The predicted octanol–water partition coefficient (Wildman–Crippen LogP) is 2.24. The number of ether oxygens (including phenoxy) is 2. The Balaban J connectivity index is 1.55. The van der Waals surface area contributed by atoms with Crippen LogP contribution in [-0.4, -0.2) is 33.0 Å². The summed E-state index contributed by atoms with van der Waals surface area (Å²) in [6.07, 6.45) is 6.37. The zero-order valence-electron chi connectivity index (χ0n) is 13.7. The lowest BCUT2D eigenvalue weighted by Crippen LogP contribution is -2.01. The van der Waals surface area contributed by atoms with Crippen molar-refractivity contribution >= 4 is 12.0 Å². The van der Waals surface area contributed by atoms with E-state index < -0.39 is 5.97 Å². The second-order valence-electron chi connectivity index (χ2n) is 5.13. The fraction of sp³-hybridized carbons (Fsp3) is 0.176. The van der Waals surface area contributed by atoms with Crippen LogP contribution in [-0.2, 0) is 23.2 Å². The normalized spacial score (nSPS) is 11.0. The second-order valence-corrected chi connectivity index (χ2v) is 5.13. The van der Waals surface area contributed by atoms with Crippen molar-refractivity contribution in [3.05, 3.63) is 54.1 Å². The molecular formula is C17H16N4O4. The van der Waals surface area contributed by atoms with Crippen LogP contribution < -0.4 is 4.74 Å². The number of carbonyl (C=O) groups is 1. The summed E-state index contributed by atoms with van der Waals surface area (Å²) in [7, 11) is 3.39. The predicted molar refractivity (Wildman–Crippen MR) is 88.3 cm³/mol. The second kappa shape index (κ2) is 7.43. The van der Waals surface area contributed by atoms with Gasteiger partial charge in [-0.25, -0.2) is 4.79 Å². The van der Waals surface area contributed by atoms with Crippen LogP contribution in [0.1, 0.15) is 11.4 Å². The molecule has 0 N–H and O–H groups in total. The van der Waals surface area contributed by atoms with Crippen LogP contribution in [0.15, 0.2) is 47.3 Å². The molecule has 0 amide bonds. The van der Waals surface area contributed by atoms with E-state index in [4.69, 9.17) is 14.0 Å². The number of esters is 1. The van der Waals surface area contributed by atoms with Gasteiger partial charge in [0.1, 0.15) is 5.75 Å². The Morgan fingerprint density at radius 2 is 2.12 bits per heavy atom. The highest BCUT2D eigenvalue weighted by molar-refractivity contribution is 5.86. The zero-order chi connectivity index (χ0) is 17.6. The fourth-order valence-electron chi connectivity index (χ4n) is 2.04. The van der Waals surface area contributed by atoms with Gasteiger partial charge in [-0.2, -0.15) is 10.1 Å². The highest BCUT2D eigenvalue weighted by Crippen LogP contribution is 2.20. The fourth-order valence-corrected chi connectivity index (χ4v) is 2.04. The Labute approximate surface area is 143 Å². The molecule has 0 saturated carbocycles. The molecule has 0 aliphatic carbocycles. The van der Waals surface area contributed by atoms with E-state index in [1.54, 1.807) is 61.6 Å². The van der Waals surface area contributed by atoms with E-state index >= 15 is 0 Å². The molecular weight excluding hydrogens is 324 g/mol. The standard InChI is InChI=1S/C17H16N4O4/c1-21-10-12(9-18-21)3-8-16(22)24-11-15-19-17(25-20-15)13-4-6-14(23-2)7-5-13/h3-10H,11H2,1-2H3/b8-3-. The number of rotatable bonds is 6. The van der Waals surface area contributed by atoms with Crippen LogP contribution >= 0.6 is 0 Å². The number of aryl methyl sites for hydroxylation is 1. The first-order valence-electron chi connectivity index (χ1n) is 7.44. The maximum Gasteiger partial charge on any atom is 0.331 e. The summed E-state index contributed by atoms with van der Waals surface area (Å²) in [6, 6.07) is 7.20. The minimum atomic E-state index is -0.500. The maximum absolute atomic E-state index is 11.7. The SMILES string of the molecule is COc1ccc(-c2nc(COC(=O)/C=C\c3cnn(C)c3)no2)cc1. The van der Waals surface area contributed by atoms with Gasteiger partial charge in [-0.05, 0) is 30.3 Å². The van der Waals surface area contributed by atoms with Crippen molar-refractivity contribution in [2.45, 2.75) is 6.61 Å². The van der Waals surface area contributed by atoms with Crippen LogP contribution in [0, 0.1) is 0 Å². The van der Waals surface area contributed by atoms with E-state index in [2.05, 4.69) is 15.2 Å². The van der Waals surface area contributed by atoms with E-state index in [-0.39, 0.29) is 12.4 Å². The largest absolute Gasteiger partial charge is 0.497 e. The molecule has 0 spiro atoms. The number of aromatic nitrogens is 4. The molecule has 2 heterocycles. The summed E-state index contributed by atoms with van der Waals surface area (Å²) >= 11 is 0. The molecule has 1 aromatic carbocycles. The van der Waals surface area contributed by atoms with E-state index in [1.807, 2.05) is 0 Å². The van der Waals surface area contributed by atoms with E-state index in [1.165, 1.54) is 6.08 Å². The van der Waals surface area contributed by atoms with Crippen molar-refractivity contribution in [1.29, 1.82) is 0 Å². The van der Waals surface area contributed by atoms with Gasteiger partial charge in [0.05, 0.1) is 13.3 Å². The number of benzene rings is 1. The summed E-state index contributed by atoms with van der Waals surface area (Å²) < 4.78 is 17.0. The monoisotopic (exact) mass is 340 g/mol. The Hall–Kier alpha value is -3.42. The molecule has 2 aromatic heterocycles. The van der Waals surface area contributed by atoms with E-state index in [0.717, 1.165) is 16.9 Å². The van der Waals surface area contributed by atoms with Crippen molar-refractivity contribution in [3.8, 4) is 17.2 Å². The molecule has 0 fully saturated rings. The molecule has 0 radical (unpaired) electrons. The molecule has 0 unspecified atom stereocenters. The van der Waals surface area contributed by atoms with E-state index in [9.17, 15) is 4.79 Å². The molecule has 0 saturated heterocycles. The molecule has 128 valence electrons. The minimum absolute atomic E-state index is 0.0735. The van der Waals surface area contributed by atoms with Gasteiger partial charge in [-0.1, -0.05) is 5.16 Å². The molecule has 8 heteroatoms. The Morgan fingerprint density at radius 1 is 1.32 bits per heavy atom. The highest BCUT2D eigenvalue weighted by Gasteiger charge is 2.10. The molecule has 3 rings (SSSR count). The molecule has 25 heavy (non-hydrogen) atoms. The van der Waals surface area contributed by atoms with Crippen LogP contribution in [0.25, 0.3) is 17.5 Å². The highest BCUT2D eigenvalue weighted by atomic mass is 16.5. The average Bonchev–Trinajstić information content (AvgIpc) is 3.27. The first kappa shape index (κ1) is 16.4. The Bertz CT molecular complexity index is 880.